The van der Waals surface area contributed by atoms with E-state index in [4.69, 9.17) is 9.47 Å². The van der Waals surface area contributed by atoms with Crippen LogP contribution in [0.25, 0.3) is 0 Å². The Kier molecular flexibility index (Phi) is 7.74. The summed E-state index contributed by atoms with van der Waals surface area (Å²) in [5.74, 6) is 3.02. The summed E-state index contributed by atoms with van der Waals surface area (Å²) < 4.78 is 12.0. The van der Waals surface area contributed by atoms with Crippen LogP contribution in [0.1, 0.15) is 54.2 Å². The molecule has 36 heavy (non-hydrogen) atoms. The summed E-state index contributed by atoms with van der Waals surface area (Å²) in [6.45, 7) is 9.18. The zero-order valence-corrected chi connectivity index (χ0v) is 21.4. The van der Waals surface area contributed by atoms with Gasteiger partial charge in [-0.15, -0.1) is 0 Å². The number of hydrogen-bond donors (Lipinski definition) is 1. The standard InChI is InChI=1S/C32H33NO3/c1-5-22-33-31(34)24-8-16-28(17-9-24)36-30-20-12-26(13-21-30)32(3,4)25-10-18-29(19-11-25)35-27-14-6-23(2)7-15-27/h6-21H,5,22H2,1-4H3,(H,33,34). The molecular weight excluding hydrogens is 446 g/mol. The SMILES string of the molecule is CCCNC(=O)c1ccc(Oc2ccc(C(C)(C)c3ccc(Oc4ccc(C)cc4)cc3)cc2)cc1. The Balaban J connectivity index is 1.40. The number of aryl methyl sites for hydroxylation is 1. The lowest BCUT2D eigenvalue weighted by molar-refractivity contribution is 0.0953. The van der Waals surface area contributed by atoms with E-state index in [9.17, 15) is 4.79 Å². The van der Waals surface area contributed by atoms with Gasteiger partial charge in [-0.1, -0.05) is 62.7 Å². The minimum atomic E-state index is -0.186. The lowest BCUT2D eigenvalue weighted by atomic mass is 9.78. The molecule has 0 aliphatic carbocycles. The fraction of sp³-hybridized carbons (Fsp3) is 0.219. The first-order valence-electron chi connectivity index (χ1n) is 12.4. The van der Waals surface area contributed by atoms with Crippen LogP contribution in [0.3, 0.4) is 0 Å². The molecule has 4 rings (SSSR count). The molecular formula is C32H33NO3. The first-order valence-corrected chi connectivity index (χ1v) is 12.4. The van der Waals surface area contributed by atoms with Crippen molar-refractivity contribution in [3.63, 3.8) is 0 Å². The fourth-order valence-electron chi connectivity index (χ4n) is 3.94. The number of benzene rings is 4. The fourth-order valence-corrected chi connectivity index (χ4v) is 3.94. The lowest BCUT2D eigenvalue weighted by Gasteiger charge is -2.26. The van der Waals surface area contributed by atoms with E-state index in [0.29, 0.717) is 17.9 Å². The van der Waals surface area contributed by atoms with Crippen molar-refractivity contribution in [1.29, 1.82) is 0 Å². The Morgan fingerprint density at radius 1 is 0.667 bits per heavy atom. The molecule has 4 nitrogen and oxygen atoms in total. The van der Waals surface area contributed by atoms with Crippen molar-refractivity contribution >= 4 is 5.91 Å². The van der Waals surface area contributed by atoms with Crippen molar-refractivity contribution < 1.29 is 14.3 Å². The van der Waals surface area contributed by atoms with Gasteiger partial charge in [-0.05, 0) is 85.1 Å². The second-order valence-corrected chi connectivity index (χ2v) is 9.47. The molecule has 0 fully saturated rings. The summed E-state index contributed by atoms with van der Waals surface area (Å²) in [6.07, 6.45) is 0.910. The highest BCUT2D eigenvalue weighted by Gasteiger charge is 2.23. The van der Waals surface area contributed by atoms with Gasteiger partial charge in [-0.25, -0.2) is 0 Å². The normalized spacial score (nSPS) is 11.1. The molecule has 4 heteroatoms. The van der Waals surface area contributed by atoms with E-state index < -0.39 is 0 Å². The molecule has 0 heterocycles. The van der Waals surface area contributed by atoms with Gasteiger partial charge in [0.25, 0.3) is 5.91 Å². The Labute approximate surface area is 213 Å². The first-order chi connectivity index (χ1) is 17.3. The van der Waals surface area contributed by atoms with Crippen molar-refractivity contribution in [2.24, 2.45) is 0 Å². The smallest absolute Gasteiger partial charge is 0.251 e. The third-order valence-electron chi connectivity index (χ3n) is 6.30. The van der Waals surface area contributed by atoms with Gasteiger partial charge in [-0.3, -0.25) is 4.79 Å². The van der Waals surface area contributed by atoms with Crippen LogP contribution in [-0.4, -0.2) is 12.5 Å². The van der Waals surface area contributed by atoms with E-state index in [1.165, 1.54) is 16.7 Å². The highest BCUT2D eigenvalue weighted by atomic mass is 16.5. The van der Waals surface area contributed by atoms with E-state index in [0.717, 1.165) is 23.7 Å². The molecule has 4 aromatic carbocycles. The monoisotopic (exact) mass is 479 g/mol. The minimum absolute atomic E-state index is 0.0651. The molecule has 0 atom stereocenters. The largest absolute Gasteiger partial charge is 0.457 e. The maximum absolute atomic E-state index is 12.1. The predicted molar refractivity (Wildman–Crippen MR) is 145 cm³/mol. The summed E-state index contributed by atoms with van der Waals surface area (Å²) in [5.41, 5.74) is 4.03. The number of carbonyl (C=O) groups is 1. The van der Waals surface area contributed by atoms with E-state index in [-0.39, 0.29) is 11.3 Å². The van der Waals surface area contributed by atoms with E-state index in [1.807, 2.05) is 67.6 Å². The summed E-state index contributed by atoms with van der Waals surface area (Å²) in [6, 6.07) is 31.7. The van der Waals surface area contributed by atoms with Gasteiger partial charge in [0.1, 0.15) is 23.0 Å². The molecule has 4 aromatic rings. The topological polar surface area (TPSA) is 47.6 Å². The van der Waals surface area contributed by atoms with Crippen LogP contribution >= 0.6 is 0 Å². The molecule has 0 bridgehead atoms. The summed E-state index contributed by atoms with van der Waals surface area (Å²) in [5, 5.41) is 2.88. The summed E-state index contributed by atoms with van der Waals surface area (Å²) in [7, 11) is 0. The van der Waals surface area contributed by atoms with Gasteiger partial charge in [0.2, 0.25) is 0 Å². The second kappa shape index (κ2) is 11.1. The number of nitrogens with one attached hydrogen (secondary N) is 1. The van der Waals surface area contributed by atoms with E-state index in [1.54, 1.807) is 12.1 Å². The predicted octanol–water partition coefficient (Wildman–Crippen LogP) is 8.05. The van der Waals surface area contributed by atoms with Gasteiger partial charge in [-0.2, -0.15) is 0 Å². The van der Waals surface area contributed by atoms with Crippen molar-refractivity contribution in [2.45, 2.75) is 39.5 Å². The molecule has 0 saturated heterocycles. The average molecular weight is 480 g/mol. The summed E-state index contributed by atoms with van der Waals surface area (Å²) in [4.78, 5) is 12.1. The van der Waals surface area contributed by atoms with Gasteiger partial charge in [0, 0.05) is 17.5 Å². The van der Waals surface area contributed by atoms with Crippen LogP contribution in [-0.2, 0) is 5.41 Å². The third kappa shape index (κ3) is 6.14. The highest BCUT2D eigenvalue weighted by molar-refractivity contribution is 5.94. The van der Waals surface area contributed by atoms with E-state index >= 15 is 0 Å². The van der Waals surface area contributed by atoms with Crippen molar-refractivity contribution in [3.8, 4) is 23.0 Å². The molecule has 0 radical (unpaired) electrons. The molecule has 0 spiro atoms. The number of carbonyl (C=O) groups excluding carboxylic acids is 1. The van der Waals surface area contributed by atoms with Gasteiger partial charge >= 0.3 is 0 Å². The molecule has 0 aromatic heterocycles. The summed E-state index contributed by atoms with van der Waals surface area (Å²) >= 11 is 0. The molecule has 0 aliphatic heterocycles. The first kappa shape index (κ1) is 25.1. The molecule has 0 unspecified atom stereocenters. The average Bonchev–Trinajstić information content (AvgIpc) is 2.90. The Morgan fingerprint density at radius 2 is 1.06 bits per heavy atom. The van der Waals surface area contributed by atoms with Crippen LogP contribution in [0.15, 0.2) is 97.1 Å². The molecule has 184 valence electrons. The van der Waals surface area contributed by atoms with Gasteiger partial charge < -0.3 is 14.8 Å². The van der Waals surface area contributed by atoms with Crippen LogP contribution in [0.2, 0.25) is 0 Å². The van der Waals surface area contributed by atoms with Crippen LogP contribution in [0, 0.1) is 6.92 Å². The van der Waals surface area contributed by atoms with Crippen molar-refractivity contribution in [1.82, 2.24) is 5.32 Å². The Bertz CT molecular complexity index is 1270. The highest BCUT2D eigenvalue weighted by Crippen LogP contribution is 2.34. The molecule has 0 saturated carbocycles. The maximum Gasteiger partial charge on any atom is 0.251 e. The van der Waals surface area contributed by atoms with Crippen LogP contribution < -0.4 is 14.8 Å². The van der Waals surface area contributed by atoms with Gasteiger partial charge in [0.15, 0.2) is 0 Å². The van der Waals surface area contributed by atoms with Crippen LogP contribution in [0.4, 0.5) is 0 Å². The van der Waals surface area contributed by atoms with Crippen molar-refractivity contribution in [2.75, 3.05) is 6.54 Å². The van der Waals surface area contributed by atoms with E-state index in [2.05, 4.69) is 50.4 Å². The second-order valence-electron chi connectivity index (χ2n) is 9.47. The Morgan fingerprint density at radius 3 is 1.47 bits per heavy atom. The Hall–Kier alpha value is -4.05. The molecule has 1 N–H and O–H groups in total. The quantitative estimate of drug-likeness (QED) is 0.264. The minimum Gasteiger partial charge on any atom is -0.457 e. The third-order valence-corrected chi connectivity index (χ3v) is 6.30. The lowest BCUT2D eigenvalue weighted by Crippen LogP contribution is -2.23. The number of ether oxygens (including phenoxy) is 2. The number of hydrogen-bond acceptors (Lipinski definition) is 3. The van der Waals surface area contributed by atoms with Crippen molar-refractivity contribution in [3.05, 3.63) is 119 Å². The molecule has 1 amide bonds. The van der Waals surface area contributed by atoms with Gasteiger partial charge in [0.05, 0.1) is 0 Å². The zero-order valence-electron chi connectivity index (χ0n) is 21.4. The zero-order chi connectivity index (χ0) is 25.5. The number of amides is 1. The molecule has 0 aliphatic rings. The van der Waals surface area contributed by atoms with Crippen LogP contribution in [0.5, 0.6) is 23.0 Å². The maximum atomic E-state index is 12.1. The number of rotatable bonds is 9.